The number of hydrogen-bond donors (Lipinski definition) is 1. The van der Waals surface area contributed by atoms with Crippen molar-refractivity contribution in [2.75, 3.05) is 0 Å². The highest BCUT2D eigenvalue weighted by molar-refractivity contribution is 6.31. The van der Waals surface area contributed by atoms with Gasteiger partial charge < -0.3 is 5.11 Å². The van der Waals surface area contributed by atoms with Crippen LogP contribution in [0.5, 0.6) is 0 Å². The molecule has 0 saturated heterocycles. The van der Waals surface area contributed by atoms with Gasteiger partial charge in [0, 0.05) is 19.9 Å². The first-order valence-corrected chi connectivity index (χ1v) is 7.02. The minimum absolute atomic E-state index is 0.260. The second-order valence-corrected chi connectivity index (χ2v) is 5.22. The smallest absolute Gasteiger partial charge is 0.126 e. The van der Waals surface area contributed by atoms with Crippen LogP contribution in [0.2, 0.25) is 5.02 Å². The Hall–Kier alpha value is -1.39. The number of nitrogens with zero attached hydrogens (tertiary/aromatic N) is 2. The standard InChI is InChI=1S/C15H18ClFN2O/c1-3-13-15(16)14(19(2)18-13)9-11(20)8-10-6-4-5-7-12(10)17/h4-7,11,20H,3,8-9H2,1-2H3. The monoisotopic (exact) mass is 296 g/mol. The molecule has 0 aliphatic heterocycles. The molecule has 1 atom stereocenters. The van der Waals surface area contributed by atoms with Crippen molar-refractivity contribution in [3.8, 4) is 0 Å². The fraction of sp³-hybridized carbons (Fsp3) is 0.400. The van der Waals surface area contributed by atoms with Crippen LogP contribution in [0.15, 0.2) is 24.3 Å². The van der Waals surface area contributed by atoms with Gasteiger partial charge in [-0.1, -0.05) is 36.7 Å². The Morgan fingerprint density at radius 1 is 1.35 bits per heavy atom. The van der Waals surface area contributed by atoms with E-state index >= 15 is 0 Å². The van der Waals surface area contributed by atoms with Crippen LogP contribution in [0.25, 0.3) is 0 Å². The molecule has 3 nitrogen and oxygen atoms in total. The predicted molar refractivity (Wildman–Crippen MR) is 77.4 cm³/mol. The molecule has 20 heavy (non-hydrogen) atoms. The van der Waals surface area contributed by atoms with E-state index in [2.05, 4.69) is 5.10 Å². The average Bonchev–Trinajstić information content (AvgIpc) is 2.69. The lowest BCUT2D eigenvalue weighted by Crippen LogP contribution is -2.17. The zero-order chi connectivity index (χ0) is 14.7. The number of hydrogen-bond acceptors (Lipinski definition) is 2. The summed E-state index contributed by atoms with van der Waals surface area (Å²) >= 11 is 6.24. The number of aromatic nitrogens is 2. The lowest BCUT2D eigenvalue weighted by atomic mass is 10.0. The number of benzene rings is 1. The summed E-state index contributed by atoms with van der Waals surface area (Å²) in [5.74, 6) is -0.295. The van der Waals surface area contributed by atoms with Gasteiger partial charge in [-0.15, -0.1) is 0 Å². The summed E-state index contributed by atoms with van der Waals surface area (Å²) in [6.45, 7) is 1.98. The first kappa shape index (κ1) is 15.0. The molecule has 2 aromatic rings. The Bertz CT molecular complexity index is 598. The van der Waals surface area contributed by atoms with Gasteiger partial charge >= 0.3 is 0 Å². The molecule has 0 aliphatic carbocycles. The van der Waals surface area contributed by atoms with Crippen LogP contribution in [-0.4, -0.2) is 21.0 Å². The quantitative estimate of drug-likeness (QED) is 0.921. The third kappa shape index (κ3) is 3.19. The first-order chi connectivity index (χ1) is 9.52. The van der Waals surface area contributed by atoms with E-state index in [1.807, 2.05) is 6.92 Å². The molecule has 0 radical (unpaired) electrons. The Morgan fingerprint density at radius 3 is 2.65 bits per heavy atom. The number of aliphatic hydroxyl groups is 1. The highest BCUT2D eigenvalue weighted by Gasteiger charge is 2.17. The van der Waals surface area contributed by atoms with Crippen LogP contribution < -0.4 is 0 Å². The van der Waals surface area contributed by atoms with Crippen molar-refractivity contribution in [3.63, 3.8) is 0 Å². The normalized spacial score (nSPS) is 12.7. The van der Waals surface area contributed by atoms with Gasteiger partial charge in [0.15, 0.2) is 0 Å². The zero-order valence-electron chi connectivity index (χ0n) is 11.6. The summed E-state index contributed by atoms with van der Waals surface area (Å²) < 4.78 is 15.2. The maximum absolute atomic E-state index is 13.6. The Kier molecular flexibility index (Phi) is 4.78. The molecule has 1 heterocycles. The Labute approximate surface area is 123 Å². The first-order valence-electron chi connectivity index (χ1n) is 6.64. The Balaban J connectivity index is 2.11. The van der Waals surface area contributed by atoms with E-state index < -0.39 is 6.10 Å². The molecule has 0 saturated carbocycles. The van der Waals surface area contributed by atoms with Crippen molar-refractivity contribution in [2.24, 2.45) is 7.05 Å². The molecule has 1 unspecified atom stereocenters. The minimum Gasteiger partial charge on any atom is -0.392 e. The summed E-state index contributed by atoms with van der Waals surface area (Å²) in [5.41, 5.74) is 2.11. The summed E-state index contributed by atoms with van der Waals surface area (Å²) in [5, 5.41) is 15.1. The molecule has 0 spiro atoms. The van der Waals surface area contributed by atoms with E-state index in [0.29, 0.717) is 17.0 Å². The highest BCUT2D eigenvalue weighted by atomic mass is 35.5. The van der Waals surface area contributed by atoms with Gasteiger partial charge in [-0.05, 0) is 18.1 Å². The molecule has 108 valence electrons. The van der Waals surface area contributed by atoms with E-state index in [9.17, 15) is 9.50 Å². The third-order valence-corrected chi connectivity index (χ3v) is 3.78. The molecule has 0 bridgehead atoms. The molecule has 2 rings (SSSR count). The second-order valence-electron chi connectivity index (χ2n) is 4.84. The SMILES string of the molecule is CCc1nn(C)c(CC(O)Cc2ccccc2F)c1Cl. The van der Waals surface area contributed by atoms with Gasteiger partial charge in [0.1, 0.15) is 5.82 Å². The van der Waals surface area contributed by atoms with Crippen LogP contribution in [0.4, 0.5) is 4.39 Å². The van der Waals surface area contributed by atoms with Crippen LogP contribution in [0.1, 0.15) is 23.9 Å². The third-order valence-electron chi connectivity index (χ3n) is 3.35. The van der Waals surface area contributed by atoms with E-state index in [0.717, 1.165) is 17.8 Å². The topological polar surface area (TPSA) is 38.0 Å². The molecule has 0 aliphatic rings. The van der Waals surface area contributed by atoms with Crippen molar-refractivity contribution in [1.29, 1.82) is 0 Å². The van der Waals surface area contributed by atoms with Gasteiger partial charge in [0.05, 0.1) is 22.5 Å². The van der Waals surface area contributed by atoms with Crippen LogP contribution in [-0.2, 0) is 26.3 Å². The number of rotatable bonds is 5. The van der Waals surface area contributed by atoms with Crippen molar-refractivity contribution in [2.45, 2.75) is 32.3 Å². The molecule has 0 amide bonds. The van der Waals surface area contributed by atoms with E-state index in [1.165, 1.54) is 6.07 Å². The summed E-state index contributed by atoms with van der Waals surface area (Å²) in [7, 11) is 1.80. The van der Waals surface area contributed by atoms with Gasteiger partial charge in [-0.3, -0.25) is 4.68 Å². The van der Waals surface area contributed by atoms with Crippen molar-refractivity contribution < 1.29 is 9.50 Å². The fourth-order valence-corrected chi connectivity index (χ4v) is 2.63. The molecule has 1 N–H and O–H groups in total. The minimum atomic E-state index is -0.690. The average molecular weight is 297 g/mol. The van der Waals surface area contributed by atoms with Gasteiger partial charge in [-0.25, -0.2) is 4.39 Å². The maximum atomic E-state index is 13.6. The number of aryl methyl sites for hydroxylation is 2. The summed E-state index contributed by atoms with van der Waals surface area (Å²) in [6, 6.07) is 6.48. The molecule has 1 aromatic heterocycles. The Morgan fingerprint density at radius 2 is 2.05 bits per heavy atom. The molecule has 5 heteroatoms. The lowest BCUT2D eigenvalue weighted by Gasteiger charge is -2.12. The predicted octanol–water partition coefficient (Wildman–Crippen LogP) is 2.92. The van der Waals surface area contributed by atoms with E-state index in [1.54, 1.807) is 29.9 Å². The van der Waals surface area contributed by atoms with Crippen molar-refractivity contribution >= 4 is 11.6 Å². The highest BCUT2D eigenvalue weighted by Crippen LogP contribution is 2.23. The summed E-state index contributed by atoms with van der Waals surface area (Å²) in [4.78, 5) is 0. The van der Waals surface area contributed by atoms with Crippen molar-refractivity contribution in [3.05, 3.63) is 52.1 Å². The van der Waals surface area contributed by atoms with Crippen LogP contribution in [0, 0.1) is 5.82 Å². The second kappa shape index (κ2) is 6.37. The lowest BCUT2D eigenvalue weighted by molar-refractivity contribution is 0.171. The van der Waals surface area contributed by atoms with Crippen LogP contribution in [0.3, 0.4) is 0 Å². The number of aliphatic hydroxyl groups excluding tert-OH is 1. The molecule has 0 fully saturated rings. The van der Waals surface area contributed by atoms with Crippen molar-refractivity contribution in [1.82, 2.24) is 9.78 Å². The van der Waals surface area contributed by atoms with Crippen LogP contribution >= 0.6 is 11.6 Å². The molecule has 1 aromatic carbocycles. The van der Waals surface area contributed by atoms with E-state index in [4.69, 9.17) is 11.6 Å². The van der Waals surface area contributed by atoms with Gasteiger partial charge in [0.25, 0.3) is 0 Å². The molecular formula is C15H18ClFN2O. The summed E-state index contributed by atoms with van der Waals surface area (Å²) in [6.07, 6.45) is 0.673. The maximum Gasteiger partial charge on any atom is 0.126 e. The fourth-order valence-electron chi connectivity index (χ4n) is 2.25. The largest absolute Gasteiger partial charge is 0.392 e. The zero-order valence-corrected chi connectivity index (χ0v) is 12.4. The molecular weight excluding hydrogens is 279 g/mol. The van der Waals surface area contributed by atoms with E-state index in [-0.39, 0.29) is 12.2 Å². The van der Waals surface area contributed by atoms with Gasteiger partial charge in [-0.2, -0.15) is 5.10 Å². The van der Waals surface area contributed by atoms with Gasteiger partial charge in [0.2, 0.25) is 0 Å². The number of halogens is 2.